The van der Waals surface area contributed by atoms with Crippen molar-refractivity contribution in [1.29, 1.82) is 0 Å². The van der Waals surface area contributed by atoms with Gasteiger partial charge in [-0.15, -0.1) is 0 Å². The fourth-order valence-corrected chi connectivity index (χ4v) is 1.27. The Labute approximate surface area is 79.9 Å². The monoisotopic (exact) mass is 204 g/mol. The number of methoxy groups -OCH3 is 1. The minimum absolute atomic E-state index is 0.244. The van der Waals surface area contributed by atoms with Crippen molar-refractivity contribution in [2.45, 2.75) is 6.10 Å². The standard InChI is InChI=1S/C6H12N4O2S/c1-12-3-4(11)2-8-6-9-5(7)10-13-6/h4,11H,2-3H2,1H3,(H3,7,8,9,10). The Morgan fingerprint density at radius 2 is 2.54 bits per heavy atom. The van der Waals surface area contributed by atoms with Gasteiger partial charge in [0.1, 0.15) is 0 Å². The average molecular weight is 204 g/mol. The molecule has 0 spiro atoms. The SMILES string of the molecule is COCC(O)CNc1nc(N)ns1. The largest absolute Gasteiger partial charge is 0.389 e. The quantitative estimate of drug-likeness (QED) is 0.601. The third-order valence-electron chi connectivity index (χ3n) is 1.29. The number of ether oxygens (including phenoxy) is 1. The van der Waals surface area contributed by atoms with Crippen molar-refractivity contribution >= 4 is 22.6 Å². The van der Waals surface area contributed by atoms with E-state index in [2.05, 4.69) is 14.7 Å². The normalized spacial score (nSPS) is 12.8. The van der Waals surface area contributed by atoms with E-state index in [9.17, 15) is 5.11 Å². The van der Waals surface area contributed by atoms with Crippen LogP contribution in [0.2, 0.25) is 0 Å². The summed E-state index contributed by atoms with van der Waals surface area (Å²) in [6.07, 6.45) is -0.546. The van der Waals surface area contributed by atoms with Gasteiger partial charge in [0, 0.05) is 25.2 Å². The van der Waals surface area contributed by atoms with Gasteiger partial charge in [-0.1, -0.05) is 0 Å². The van der Waals surface area contributed by atoms with E-state index in [1.54, 1.807) is 0 Å². The fourth-order valence-electron chi connectivity index (χ4n) is 0.763. The molecule has 6 nitrogen and oxygen atoms in total. The summed E-state index contributed by atoms with van der Waals surface area (Å²) < 4.78 is 8.52. The van der Waals surface area contributed by atoms with Gasteiger partial charge < -0.3 is 20.9 Å². The molecule has 74 valence electrons. The second-order valence-corrected chi connectivity index (χ2v) is 3.20. The van der Waals surface area contributed by atoms with E-state index < -0.39 is 6.10 Å². The van der Waals surface area contributed by atoms with Gasteiger partial charge in [0.05, 0.1) is 12.7 Å². The molecule has 1 heterocycles. The smallest absolute Gasteiger partial charge is 0.233 e. The lowest BCUT2D eigenvalue weighted by Gasteiger charge is -2.08. The topological polar surface area (TPSA) is 93.3 Å². The molecule has 0 aliphatic carbocycles. The maximum Gasteiger partial charge on any atom is 0.233 e. The van der Waals surface area contributed by atoms with Gasteiger partial charge in [-0.2, -0.15) is 9.36 Å². The van der Waals surface area contributed by atoms with Crippen LogP contribution in [0.25, 0.3) is 0 Å². The van der Waals surface area contributed by atoms with Crippen molar-refractivity contribution in [3.63, 3.8) is 0 Å². The molecule has 0 saturated heterocycles. The number of nitrogens with two attached hydrogens (primary N) is 1. The van der Waals surface area contributed by atoms with Gasteiger partial charge in [-0.05, 0) is 0 Å². The molecule has 4 N–H and O–H groups in total. The fraction of sp³-hybridized carbons (Fsp3) is 0.667. The molecular formula is C6H12N4O2S. The van der Waals surface area contributed by atoms with E-state index in [1.165, 1.54) is 7.11 Å². The minimum atomic E-state index is -0.546. The summed E-state index contributed by atoms with van der Waals surface area (Å²) in [6.45, 7) is 0.670. The van der Waals surface area contributed by atoms with Crippen LogP contribution in [-0.2, 0) is 4.74 Å². The third-order valence-corrected chi connectivity index (χ3v) is 1.98. The van der Waals surface area contributed by atoms with Gasteiger partial charge in [-0.3, -0.25) is 0 Å². The molecule has 13 heavy (non-hydrogen) atoms. The number of hydrogen-bond acceptors (Lipinski definition) is 7. The molecule has 1 unspecified atom stereocenters. The zero-order valence-corrected chi connectivity index (χ0v) is 8.04. The van der Waals surface area contributed by atoms with Crippen LogP contribution in [0.15, 0.2) is 0 Å². The van der Waals surface area contributed by atoms with E-state index in [-0.39, 0.29) is 5.95 Å². The van der Waals surface area contributed by atoms with Gasteiger partial charge in [0.15, 0.2) is 0 Å². The predicted molar refractivity (Wildman–Crippen MR) is 50.7 cm³/mol. The summed E-state index contributed by atoms with van der Waals surface area (Å²) in [7, 11) is 1.53. The van der Waals surface area contributed by atoms with E-state index in [0.29, 0.717) is 18.3 Å². The lowest BCUT2D eigenvalue weighted by molar-refractivity contribution is 0.0727. The molecular weight excluding hydrogens is 192 g/mol. The van der Waals surface area contributed by atoms with Crippen molar-refractivity contribution in [3.8, 4) is 0 Å². The average Bonchev–Trinajstić information content (AvgIpc) is 2.49. The Bertz CT molecular complexity index is 255. The van der Waals surface area contributed by atoms with Crippen LogP contribution >= 0.6 is 11.5 Å². The summed E-state index contributed by atoms with van der Waals surface area (Å²) >= 11 is 1.16. The first-order valence-electron chi connectivity index (χ1n) is 3.72. The summed E-state index contributed by atoms with van der Waals surface area (Å²) in [5.74, 6) is 0.244. The third kappa shape index (κ3) is 3.53. The molecule has 1 aromatic heterocycles. The highest BCUT2D eigenvalue weighted by molar-refractivity contribution is 7.09. The number of aliphatic hydroxyl groups excluding tert-OH is 1. The van der Waals surface area contributed by atoms with Crippen molar-refractivity contribution in [2.24, 2.45) is 0 Å². The molecule has 0 fully saturated rings. The van der Waals surface area contributed by atoms with Gasteiger partial charge in [0.25, 0.3) is 0 Å². The Morgan fingerprint density at radius 1 is 1.77 bits per heavy atom. The molecule has 0 amide bonds. The lowest BCUT2D eigenvalue weighted by atomic mass is 10.4. The highest BCUT2D eigenvalue weighted by Gasteiger charge is 2.04. The maximum atomic E-state index is 9.25. The van der Waals surface area contributed by atoms with Crippen LogP contribution < -0.4 is 11.1 Å². The number of hydrogen-bond donors (Lipinski definition) is 3. The molecule has 0 saturated carbocycles. The molecule has 1 aromatic rings. The second kappa shape index (κ2) is 4.95. The van der Waals surface area contributed by atoms with E-state index in [0.717, 1.165) is 11.5 Å². The van der Waals surface area contributed by atoms with Crippen LogP contribution in [0, 0.1) is 0 Å². The number of nitrogen functional groups attached to an aromatic ring is 1. The van der Waals surface area contributed by atoms with Crippen molar-refractivity contribution in [1.82, 2.24) is 9.36 Å². The molecule has 1 atom stereocenters. The Balaban J connectivity index is 2.26. The first-order chi connectivity index (χ1) is 6.22. The van der Waals surface area contributed by atoms with Crippen molar-refractivity contribution in [3.05, 3.63) is 0 Å². The summed E-state index contributed by atoms with van der Waals surface area (Å²) in [5, 5.41) is 12.7. The van der Waals surface area contributed by atoms with Gasteiger partial charge in [-0.25, -0.2) is 0 Å². The van der Waals surface area contributed by atoms with Crippen molar-refractivity contribution < 1.29 is 9.84 Å². The second-order valence-electron chi connectivity index (χ2n) is 2.45. The molecule has 0 bridgehead atoms. The van der Waals surface area contributed by atoms with E-state index in [1.807, 2.05) is 0 Å². The molecule has 1 rings (SSSR count). The molecule has 0 radical (unpaired) electrons. The highest BCUT2D eigenvalue weighted by atomic mass is 32.1. The Morgan fingerprint density at radius 3 is 3.08 bits per heavy atom. The maximum absolute atomic E-state index is 9.25. The molecule has 0 aliphatic rings. The zero-order chi connectivity index (χ0) is 9.68. The number of rotatable bonds is 5. The summed E-state index contributed by atoms with van der Waals surface area (Å²) in [5.41, 5.74) is 5.30. The van der Waals surface area contributed by atoms with Crippen LogP contribution in [-0.4, -0.2) is 40.8 Å². The highest BCUT2D eigenvalue weighted by Crippen LogP contribution is 2.11. The number of anilines is 2. The minimum Gasteiger partial charge on any atom is -0.389 e. The summed E-state index contributed by atoms with van der Waals surface area (Å²) in [4.78, 5) is 3.86. The lowest BCUT2D eigenvalue weighted by Crippen LogP contribution is -2.24. The number of nitrogens with zero attached hydrogens (tertiary/aromatic N) is 2. The molecule has 7 heteroatoms. The zero-order valence-electron chi connectivity index (χ0n) is 7.23. The van der Waals surface area contributed by atoms with Gasteiger partial charge >= 0.3 is 0 Å². The van der Waals surface area contributed by atoms with Crippen LogP contribution in [0.4, 0.5) is 11.1 Å². The molecule has 0 aliphatic heterocycles. The Hall–Kier alpha value is -0.920. The first-order valence-corrected chi connectivity index (χ1v) is 4.49. The van der Waals surface area contributed by atoms with Crippen molar-refractivity contribution in [2.75, 3.05) is 31.3 Å². The van der Waals surface area contributed by atoms with E-state index in [4.69, 9.17) is 10.5 Å². The number of aliphatic hydroxyl groups is 1. The number of nitrogens with one attached hydrogen (secondary N) is 1. The summed E-state index contributed by atoms with van der Waals surface area (Å²) in [6, 6.07) is 0. The predicted octanol–water partition coefficient (Wildman–Crippen LogP) is -0.461. The molecule has 0 aromatic carbocycles. The van der Waals surface area contributed by atoms with Crippen LogP contribution in [0.1, 0.15) is 0 Å². The van der Waals surface area contributed by atoms with Gasteiger partial charge in [0.2, 0.25) is 11.1 Å². The number of aromatic nitrogens is 2. The van der Waals surface area contributed by atoms with Crippen LogP contribution in [0.5, 0.6) is 0 Å². The van der Waals surface area contributed by atoms with Crippen LogP contribution in [0.3, 0.4) is 0 Å². The van der Waals surface area contributed by atoms with E-state index >= 15 is 0 Å². The first kappa shape index (κ1) is 10.2. The Kier molecular flexibility index (Phi) is 3.87.